The number of aromatic nitrogens is 2. The first-order valence-corrected chi connectivity index (χ1v) is 10.6. The van der Waals surface area contributed by atoms with E-state index in [1.165, 1.54) is 25.7 Å². The molecule has 28 heavy (non-hydrogen) atoms. The van der Waals surface area contributed by atoms with Crippen LogP contribution in [0.25, 0.3) is 11.3 Å². The number of hydrogen-bond acceptors (Lipinski definition) is 5. The van der Waals surface area contributed by atoms with Gasteiger partial charge in [-0.3, -0.25) is 9.78 Å². The summed E-state index contributed by atoms with van der Waals surface area (Å²) in [5, 5.41) is 9.87. The Kier molecular flexibility index (Phi) is 9.15. The number of nitrogens with one attached hydrogen (secondary N) is 2. The van der Waals surface area contributed by atoms with E-state index in [-0.39, 0.29) is 36.8 Å². The fourth-order valence-corrected chi connectivity index (χ4v) is 5.03. The van der Waals surface area contributed by atoms with Crippen LogP contribution in [-0.4, -0.2) is 34.5 Å². The number of carbonyl (C=O) groups is 1. The van der Waals surface area contributed by atoms with Gasteiger partial charge in [-0.1, -0.05) is 12.8 Å². The predicted molar refractivity (Wildman–Crippen MR) is 118 cm³/mol. The van der Waals surface area contributed by atoms with Crippen molar-refractivity contribution in [1.82, 2.24) is 20.6 Å². The van der Waals surface area contributed by atoms with Gasteiger partial charge in [0.15, 0.2) is 0 Å². The summed E-state index contributed by atoms with van der Waals surface area (Å²) in [5.41, 5.74) is 2.11. The lowest BCUT2D eigenvalue weighted by molar-refractivity contribution is -0.122. The zero-order valence-electron chi connectivity index (χ0n) is 15.8. The standard InChI is InChI=1S/C20H26N4OS.2ClH/c25-20(17-12-15-4-1-2-5-16(15)23-17)22-9-3-6-19-24-18(13-26-19)14-7-10-21-11-8-14;;/h7-8,10-11,13,15-17,23H,1-6,9,12H2,(H,22,25);2*1H. The third kappa shape index (κ3) is 5.66. The molecule has 3 heterocycles. The van der Waals surface area contributed by atoms with E-state index in [2.05, 4.69) is 26.0 Å². The Hall–Kier alpha value is -1.21. The normalized spacial score (nSPS) is 23.2. The second kappa shape index (κ2) is 11.1. The molecule has 3 unspecified atom stereocenters. The van der Waals surface area contributed by atoms with Gasteiger partial charge in [-0.05, 0) is 43.7 Å². The van der Waals surface area contributed by atoms with Crippen molar-refractivity contribution in [2.24, 2.45) is 5.92 Å². The number of rotatable bonds is 6. The van der Waals surface area contributed by atoms with Crippen LogP contribution in [0.2, 0.25) is 0 Å². The van der Waals surface area contributed by atoms with Gasteiger partial charge in [0, 0.05) is 42.3 Å². The highest BCUT2D eigenvalue weighted by atomic mass is 35.5. The number of amides is 1. The van der Waals surface area contributed by atoms with Crippen molar-refractivity contribution >= 4 is 42.1 Å². The summed E-state index contributed by atoms with van der Waals surface area (Å²) in [6.07, 6.45) is 11.6. The SMILES string of the molecule is Cl.Cl.O=C(NCCCc1nc(-c2ccncc2)cs1)C1CC2CCCCC2N1. The Morgan fingerprint density at radius 3 is 2.79 bits per heavy atom. The molecule has 0 aromatic carbocycles. The van der Waals surface area contributed by atoms with Gasteiger partial charge in [0.1, 0.15) is 0 Å². The molecular formula is C20H28Cl2N4OS. The number of hydrogen-bond donors (Lipinski definition) is 2. The molecule has 1 saturated heterocycles. The van der Waals surface area contributed by atoms with E-state index < -0.39 is 0 Å². The number of halogens is 2. The van der Waals surface area contributed by atoms with E-state index in [0.717, 1.165) is 42.1 Å². The number of pyridine rings is 1. The Morgan fingerprint density at radius 1 is 1.21 bits per heavy atom. The third-order valence-corrected chi connectivity index (χ3v) is 6.48. The average molecular weight is 443 g/mol. The zero-order chi connectivity index (χ0) is 17.8. The summed E-state index contributed by atoms with van der Waals surface area (Å²) >= 11 is 1.69. The molecule has 0 bridgehead atoms. The van der Waals surface area contributed by atoms with Crippen molar-refractivity contribution in [3.8, 4) is 11.3 Å². The van der Waals surface area contributed by atoms with E-state index in [1.807, 2.05) is 12.1 Å². The minimum atomic E-state index is 0. The lowest BCUT2D eigenvalue weighted by Crippen LogP contribution is -2.43. The van der Waals surface area contributed by atoms with E-state index in [9.17, 15) is 4.79 Å². The first-order valence-electron chi connectivity index (χ1n) is 9.68. The number of fused-ring (bicyclic) bond motifs is 1. The Balaban J connectivity index is 0.00000140. The Labute approximate surface area is 183 Å². The van der Waals surface area contributed by atoms with Crippen molar-refractivity contribution in [2.75, 3.05) is 6.54 Å². The topological polar surface area (TPSA) is 66.9 Å². The molecule has 3 atom stereocenters. The molecule has 4 rings (SSSR count). The van der Waals surface area contributed by atoms with Gasteiger partial charge < -0.3 is 10.6 Å². The highest BCUT2D eigenvalue weighted by molar-refractivity contribution is 7.09. The Bertz CT molecular complexity index is 729. The van der Waals surface area contributed by atoms with E-state index in [4.69, 9.17) is 0 Å². The van der Waals surface area contributed by atoms with Crippen LogP contribution in [0.3, 0.4) is 0 Å². The molecule has 1 aliphatic heterocycles. The maximum atomic E-state index is 12.4. The number of nitrogens with zero attached hydrogens (tertiary/aromatic N) is 2. The summed E-state index contributed by atoms with van der Waals surface area (Å²) in [5.74, 6) is 0.887. The molecule has 5 nitrogen and oxygen atoms in total. The van der Waals surface area contributed by atoms with Crippen LogP contribution in [0.15, 0.2) is 29.9 Å². The monoisotopic (exact) mass is 442 g/mol. The third-order valence-electron chi connectivity index (χ3n) is 5.57. The average Bonchev–Trinajstić information content (AvgIpc) is 3.33. The summed E-state index contributed by atoms with van der Waals surface area (Å²) in [7, 11) is 0. The van der Waals surface area contributed by atoms with Crippen LogP contribution in [0, 0.1) is 5.92 Å². The van der Waals surface area contributed by atoms with Crippen LogP contribution in [0.5, 0.6) is 0 Å². The van der Waals surface area contributed by atoms with Gasteiger partial charge in [-0.25, -0.2) is 4.98 Å². The first-order chi connectivity index (χ1) is 12.8. The fraction of sp³-hybridized carbons (Fsp3) is 0.550. The second-order valence-electron chi connectivity index (χ2n) is 7.36. The van der Waals surface area contributed by atoms with E-state index in [1.54, 1.807) is 23.7 Å². The van der Waals surface area contributed by atoms with Gasteiger partial charge in [0.05, 0.1) is 16.7 Å². The maximum absolute atomic E-state index is 12.4. The first kappa shape index (κ1) is 23.1. The Morgan fingerprint density at radius 2 is 2.00 bits per heavy atom. The number of thiazole rings is 1. The zero-order valence-corrected chi connectivity index (χ0v) is 18.3. The summed E-state index contributed by atoms with van der Waals surface area (Å²) < 4.78 is 0. The summed E-state index contributed by atoms with van der Waals surface area (Å²) in [4.78, 5) is 21.1. The highest BCUT2D eigenvalue weighted by Crippen LogP contribution is 2.33. The molecule has 2 aromatic heterocycles. The summed E-state index contributed by atoms with van der Waals surface area (Å²) in [6, 6.07) is 4.54. The van der Waals surface area contributed by atoms with Gasteiger partial charge in [0.25, 0.3) is 0 Å². The van der Waals surface area contributed by atoms with Crippen LogP contribution >= 0.6 is 36.2 Å². The lowest BCUT2D eigenvalue weighted by atomic mass is 9.85. The molecule has 2 aromatic rings. The second-order valence-corrected chi connectivity index (χ2v) is 8.31. The van der Waals surface area contributed by atoms with Crippen molar-refractivity contribution in [1.29, 1.82) is 0 Å². The molecule has 1 aliphatic carbocycles. The quantitative estimate of drug-likeness (QED) is 0.662. The molecule has 154 valence electrons. The number of aryl methyl sites for hydroxylation is 1. The molecule has 1 saturated carbocycles. The largest absolute Gasteiger partial charge is 0.355 e. The van der Waals surface area contributed by atoms with Crippen molar-refractivity contribution < 1.29 is 4.79 Å². The minimum Gasteiger partial charge on any atom is -0.355 e. The van der Waals surface area contributed by atoms with E-state index >= 15 is 0 Å². The molecule has 0 radical (unpaired) electrons. The molecule has 1 amide bonds. The predicted octanol–water partition coefficient (Wildman–Crippen LogP) is 4.02. The van der Waals surface area contributed by atoms with Gasteiger partial charge in [0.2, 0.25) is 5.91 Å². The lowest BCUT2D eigenvalue weighted by Gasteiger charge is -2.24. The van der Waals surface area contributed by atoms with Crippen LogP contribution in [0.1, 0.15) is 43.5 Å². The van der Waals surface area contributed by atoms with Crippen LogP contribution < -0.4 is 10.6 Å². The van der Waals surface area contributed by atoms with Crippen molar-refractivity contribution in [3.63, 3.8) is 0 Å². The van der Waals surface area contributed by atoms with E-state index in [0.29, 0.717) is 12.0 Å². The molecule has 2 N–H and O–H groups in total. The highest BCUT2D eigenvalue weighted by Gasteiger charge is 2.37. The minimum absolute atomic E-state index is 0. The van der Waals surface area contributed by atoms with Crippen LogP contribution in [0.4, 0.5) is 0 Å². The molecule has 0 spiro atoms. The van der Waals surface area contributed by atoms with Gasteiger partial charge in [-0.15, -0.1) is 36.2 Å². The van der Waals surface area contributed by atoms with Crippen molar-refractivity contribution in [3.05, 3.63) is 34.9 Å². The van der Waals surface area contributed by atoms with Crippen LogP contribution in [-0.2, 0) is 11.2 Å². The smallest absolute Gasteiger partial charge is 0.237 e. The molecule has 2 aliphatic rings. The van der Waals surface area contributed by atoms with Crippen molar-refractivity contribution in [2.45, 2.75) is 57.0 Å². The maximum Gasteiger partial charge on any atom is 0.237 e. The fourth-order valence-electron chi connectivity index (χ4n) is 4.18. The molecular weight excluding hydrogens is 415 g/mol. The summed E-state index contributed by atoms with van der Waals surface area (Å²) in [6.45, 7) is 0.719. The number of carbonyl (C=O) groups excluding carboxylic acids is 1. The van der Waals surface area contributed by atoms with Gasteiger partial charge in [-0.2, -0.15) is 0 Å². The molecule has 8 heteroatoms. The molecule has 2 fully saturated rings. The van der Waals surface area contributed by atoms with Gasteiger partial charge >= 0.3 is 0 Å².